The van der Waals surface area contributed by atoms with E-state index in [4.69, 9.17) is 0 Å². The van der Waals surface area contributed by atoms with Gasteiger partial charge in [0.25, 0.3) is 0 Å². The molecule has 6 heteroatoms. The number of likely N-dealkylation sites (tertiary alicyclic amines) is 1. The number of carbonyl (C=O) groups is 2. The number of hydrogen-bond donors (Lipinski definition) is 1. The van der Waals surface area contributed by atoms with Gasteiger partial charge in [0.15, 0.2) is 0 Å². The summed E-state index contributed by atoms with van der Waals surface area (Å²) in [5, 5.41) is 3.13. The maximum atomic E-state index is 13.2. The Morgan fingerprint density at radius 2 is 1.96 bits per heavy atom. The normalized spacial score (nSPS) is 24.8. The highest BCUT2D eigenvalue weighted by molar-refractivity contribution is 5.86. The summed E-state index contributed by atoms with van der Waals surface area (Å²) in [7, 11) is 0. The van der Waals surface area contributed by atoms with Crippen LogP contribution in [-0.2, 0) is 16.0 Å². The molecule has 1 aromatic rings. The molecule has 4 rings (SSSR count). The second-order valence-electron chi connectivity index (χ2n) is 7.75. The molecule has 1 unspecified atom stereocenters. The number of benzene rings is 1. The van der Waals surface area contributed by atoms with E-state index in [-0.39, 0.29) is 29.8 Å². The van der Waals surface area contributed by atoms with Gasteiger partial charge in [-0.25, -0.2) is 0 Å². The summed E-state index contributed by atoms with van der Waals surface area (Å²) >= 11 is 0. The van der Waals surface area contributed by atoms with E-state index < -0.39 is 0 Å². The predicted molar refractivity (Wildman–Crippen MR) is 103 cm³/mol. The standard InChI is InChI=1S/C20H27N3O2.ClH/c24-18-14-21-10-12-23(18)17-7-4-11-22(15-17)19(25)20(8-9-20)13-16-5-2-1-3-6-16;/h1-3,5-6,17,21H,4,7-15H2;1H. The molecule has 1 aliphatic carbocycles. The summed E-state index contributed by atoms with van der Waals surface area (Å²) in [6, 6.07) is 10.5. The fourth-order valence-corrected chi connectivity index (χ4v) is 4.34. The number of piperazine rings is 1. The molecule has 2 amide bonds. The molecule has 3 fully saturated rings. The van der Waals surface area contributed by atoms with Crippen molar-refractivity contribution in [1.82, 2.24) is 15.1 Å². The molecule has 0 radical (unpaired) electrons. The number of nitrogens with zero attached hydrogens (tertiary/aromatic N) is 2. The molecule has 26 heavy (non-hydrogen) atoms. The van der Waals surface area contributed by atoms with Crippen LogP contribution in [0.15, 0.2) is 30.3 Å². The topological polar surface area (TPSA) is 52.7 Å². The molecule has 1 atom stereocenters. The van der Waals surface area contributed by atoms with E-state index in [1.54, 1.807) is 0 Å². The Balaban J connectivity index is 0.00000196. The van der Waals surface area contributed by atoms with E-state index in [0.29, 0.717) is 19.0 Å². The lowest BCUT2D eigenvalue weighted by molar-refractivity contribution is -0.143. The minimum absolute atomic E-state index is 0. The summed E-state index contributed by atoms with van der Waals surface area (Å²) in [4.78, 5) is 29.4. The fraction of sp³-hybridized carbons (Fsp3) is 0.600. The third-order valence-corrected chi connectivity index (χ3v) is 5.94. The first-order valence-electron chi connectivity index (χ1n) is 9.51. The monoisotopic (exact) mass is 377 g/mol. The Hall–Kier alpha value is -1.59. The number of halogens is 1. The third-order valence-electron chi connectivity index (χ3n) is 5.94. The summed E-state index contributed by atoms with van der Waals surface area (Å²) in [5.74, 6) is 0.486. The molecule has 0 aromatic heterocycles. The van der Waals surface area contributed by atoms with Crippen molar-refractivity contribution in [1.29, 1.82) is 0 Å². The van der Waals surface area contributed by atoms with Gasteiger partial charge in [0, 0.05) is 32.2 Å². The Morgan fingerprint density at radius 3 is 2.65 bits per heavy atom. The van der Waals surface area contributed by atoms with E-state index in [1.807, 2.05) is 28.0 Å². The SMILES string of the molecule is Cl.O=C1CNCCN1C1CCCN(C(=O)C2(Cc3ccccc3)CC2)C1. The van der Waals surface area contributed by atoms with Crippen LogP contribution in [0, 0.1) is 5.41 Å². The van der Waals surface area contributed by atoms with Crippen molar-refractivity contribution in [3.05, 3.63) is 35.9 Å². The Morgan fingerprint density at radius 1 is 1.19 bits per heavy atom. The van der Waals surface area contributed by atoms with Gasteiger partial charge in [0.05, 0.1) is 12.0 Å². The highest BCUT2D eigenvalue weighted by Crippen LogP contribution is 2.50. The van der Waals surface area contributed by atoms with Gasteiger partial charge in [0.1, 0.15) is 0 Å². The van der Waals surface area contributed by atoms with Gasteiger partial charge in [0.2, 0.25) is 11.8 Å². The zero-order valence-electron chi connectivity index (χ0n) is 15.2. The maximum Gasteiger partial charge on any atom is 0.236 e. The predicted octanol–water partition coefficient (Wildman–Crippen LogP) is 1.85. The van der Waals surface area contributed by atoms with E-state index in [2.05, 4.69) is 17.4 Å². The Bertz CT molecular complexity index is 648. The summed E-state index contributed by atoms with van der Waals surface area (Å²) in [6.45, 7) is 3.60. The number of amides is 2. The number of piperidine rings is 1. The molecule has 1 N–H and O–H groups in total. The molecule has 2 heterocycles. The quantitative estimate of drug-likeness (QED) is 0.871. The van der Waals surface area contributed by atoms with Gasteiger partial charge in [-0.1, -0.05) is 30.3 Å². The highest BCUT2D eigenvalue weighted by atomic mass is 35.5. The van der Waals surface area contributed by atoms with Crippen LogP contribution in [0.2, 0.25) is 0 Å². The van der Waals surface area contributed by atoms with Crippen LogP contribution in [0.4, 0.5) is 0 Å². The van der Waals surface area contributed by atoms with Crippen molar-refractivity contribution in [3.63, 3.8) is 0 Å². The van der Waals surface area contributed by atoms with Gasteiger partial charge in [-0.05, 0) is 37.7 Å². The van der Waals surface area contributed by atoms with Crippen LogP contribution in [0.5, 0.6) is 0 Å². The smallest absolute Gasteiger partial charge is 0.236 e. The van der Waals surface area contributed by atoms with Crippen LogP contribution in [0.25, 0.3) is 0 Å². The average molecular weight is 378 g/mol. The minimum atomic E-state index is -0.184. The lowest BCUT2D eigenvalue weighted by Gasteiger charge is -2.42. The second-order valence-corrected chi connectivity index (χ2v) is 7.75. The van der Waals surface area contributed by atoms with Crippen LogP contribution in [0.1, 0.15) is 31.2 Å². The number of hydrogen-bond acceptors (Lipinski definition) is 3. The molecule has 0 spiro atoms. The number of rotatable bonds is 4. The molecule has 3 aliphatic rings. The summed E-state index contributed by atoms with van der Waals surface area (Å²) < 4.78 is 0. The van der Waals surface area contributed by atoms with Crippen molar-refractivity contribution < 1.29 is 9.59 Å². The largest absolute Gasteiger partial charge is 0.340 e. The number of carbonyl (C=O) groups excluding carboxylic acids is 2. The van der Waals surface area contributed by atoms with Gasteiger partial charge in [-0.15, -0.1) is 12.4 Å². The molecule has 5 nitrogen and oxygen atoms in total. The van der Waals surface area contributed by atoms with Crippen molar-refractivity contribution >= 4 is 24.2 Å². The molecule has 142 valence electrons. The van der Waals surface area contributed by atoms with Gasteiger partial charge < -0.3 is 15.1 Å². The van der Waals surface area contributed by atoms with Crippen LogP contribution in [-0.4, -0.2) is 60.4 Å². The van der Waals surface area contributed by atoms with E-state index in [0.717, 1.165) is 51.7 Å². The van der Waals surface area contributed by atoms with Crippen LogP contribution in [0.3, 0.4) is 0 Å². The zero-order chi connectivity index (χ0) is 17.3. The Kier molecular flexibility index (Phi) is 5.88. The van der Waals surface area contributed by atoms with Crippen molar-refractivity contribution in [3.8, 4) is 0 Å². The van der Waals surface area contributed by atoms with Crippen molar-refractivity contribution in [2.45, 2.75) is 38.1 Å². The second kappa shape index (κ2) is 7.97. The van der Waals surface area contributed by atoms with Crippen LogP contribution >= 0.6 is 12.4 Å². The van der Waals surface area contributed by atoms with E-state index in [1.165, 1.54) is 5.56 Å². The molecule has 0 bridgehead atoms. The van der Waals surface area contributed by atoms with Crippen molar-refractivity contribution in [2.75, 3.05) is 32.7 Å². The highest BCUT2D eigenvalue weighted by Gasteiger charge is 2.52. The average Bonchev–Trinajstić information content (AvgIpc) is 3.43. The fourth-order valence-electron chi connectivity index (χ4n) is 4.34. The first-order chi connectivity index (χ1) is 12.2. The van der Waals surface area contributed by atoms with Gasteiger partial charge in [-0.3, -0.25) is 9.59 Å². The molecular weight excluding hydrogens is 350 g/mol. The minimum Gasteiger partial charge on any atom is -0.340 e. The van der Waals surface area contributed by atoms with Crippen LogP contribution < -0.4 is 5.32 Å². The summed E-state index contributed by atoms with van der Waals surface area (Å²) in [6.07, 6.45) is 4.85. The lowest BCUT2D eigenvalue weighted by Crippen LogP contribution is -2.58. The molecule has 1 saturated carbocycles. The summed E-state index contributed by atoms with van der Waals surface area (Å²) in [5.41, 5.74) is 1.07. The Labute approximate surface area is 161 Å². The first kappa shape index (κ1) is 19.2. The first-order valence-corrected chi connectivity index (χ1v) is 9.51. The van der Waals surface area contributed by atoms with Crippen molar-refractivity contribution in [2.24, 2.45) is 5.41 Å². The number of nitrogens with one attached hydrogen (secondary N) is 1. The molecule has 1 aromatic carbocycles. The van der Waals surface area contributed by atoms with E-state index >= 15 is 0 Å². The molecule has 2 saturated heterocycles. The third kappa shape index (κ3) is 3.89. The molecular formula is C20H28ClN3O2. The van der Waals surface area contributed by atoms with E-state index in [9.17, 15) is 9.59 Å². The zero-order valence-corrected chi connectivity index (χ0v) is 16.0. The maximum absolute atomic E-state index is 13.2. The van der Waals surface area contributed by atoms with Gasteiger partial charge in [-0.2, -0.15) is 0 Å². The van der Waals surface area contributed by atoms with Gasteiger partial charge >= 0.3 is 0 Å². The molecule has 2 aliphatic heterocycles. The lowest BCUT2D eigenvalue weighted by atomic mass is 9.93.